The van der Waals surface area contributed by atoms with Crippen molar-refractivity contribution >= 4 is 33.4 Å². The molecule has 1 fully saturated rings. The van der Waals surface area contributed by atoms with Crippen LogP contribution in [0.2, 0.25) is 5.02 Å². The van der Waals surface area contributed by atoms with E-state index in [9.17, 15) is 18.0 Å². The smallest absolute Gasteiger partial charge is 0.287 e. The summed E-state index contributed by atoms with van der Waals surface area (Å²) in [5.74, 6) is -0.719. The first-order valence-corrected chi connectivity index (χ1v) is 11.4. The third-order valence-electron chi connectivity index (χ3n) is 4.97. The number of sulfonamides is 1. The average Bonchev–Trinajstić information content (AvgIpc) is 3.26. The highest BCUT2D eigenvalue weighted by Gasteiger charge is 2.34. The summed E-state index contributed by atoms with van der Waals surface area (Å²) in [7, 11) is -3.66. The van der Waals surface area contributed by atoms with Crippen molar-refractivity contribution in [1.82, 2.24) is 14.5 Å². The third kappa shape index (κ3) is 4.85. The Balaban J connectivity index is 1.64. The van der Waals surface area contributed by atoms with Crippen molar-refractivity contribution in [2.24, 2.45) is 5.92 Å². The second-order valence-electron chi connectivity index (χ2n) is 7.36. The number of nitrogens with one attached hydrogen (secondary N) is 1. The van der Waals surface area contributed by atoms with Gasteiger partial charge in [0.1, 0.15) is 6.04 Å². The van der Waals surface area contributed by atoms with Crippen molar-refractivity contribution in [2.75, 3.05) is 26.2 Å². The maximum absolute atomic E-state index is 13.0. The van der Waals surface area contributed by atoms with Crippen LogP contribution in [0.4, 0.5) is 0 Å². The van der Waals surface area contributed by atoms with Gasteiger partial charge in [0.2, 0.25) is 15.9 Å². The predicted molar refractivity (Wildman–Crippen MR) is 112 cm³/mol. The number of carbonyl (C=O) groups excluding carboxylic acids is 2. The Bertz CT molecular complexity index is 982. The van der Waals surface area contributed by atoms with E-state index >= 15 is 0 Å². The number of amides is 2. The molecule has 8 nitrogen and oxygen atoms in total. The second-order valence-corrected chi connectivity index (χ2v) is 9.73. The SMILES string of the molecule is CC(C)[C@H](NC(=O)c1ccco1)C(=O)N1CCN(S(=O)(=O)c2ccc(Cl)cc2)CC1. The van der Waals surface area contributed by atoms with Gasteiger partial charge in [-0.2, -0.15) is 4.31 Å². The Kier molecular flexibility index (Phi) is 6.84. The maximum atomic E-state index is 13.0. The summed E-state index contributed by atoms with van der Waals surface area (Å²) >= 11 is 5.84. The summed E-state index contributed by atoms with van der Waals surface area (Å²) in [5, 5.41) is 3.18. The first-order valence-electron chi connectivity index (χ1n) is 9.59. The molecule has 1 aromatic heterocycles. The van der Waals surface area contributed by atoms with Crippen LogP contribution in [0.5, 0.6) is 0 Å². The van der Waals surface area contributed by atoms with Gasteiger partial charge in [-0.05, 0) is 42.3 Å². The molecule has 0 bridgehead atoms. The minimum Gasteiger partial charge on any atom is -0.459 e. The molecule has 0 aliphatic carbocycles. The summed E-state index contributed by atoms with van der Waals surface area (Å²) in [6.45, 7) is 4.51. The largest absolute Gasteiger partial charge is 0.459 e. The summed E-state index contributed by atoms with van der Waals surface area (Å²) in [5.41, 5.74) is 0. The van der Waals surface area contributed by atoms with Crippen molar-refractivity contribution < 1.29 is 22.4 Å². The van der Waals surface area contributed by atoms with E-state index in [1.54, 1.807) is 11.0 Å². The fraction of sp³-hybridized carbons (Fsp3) is 0.400. The van der Waals surface area contributed by atoms with Gasteiger partial charge in [-0.3, -0.25) is 9.59 Å². The Hall–Kier alpha value is -2.36. The molecule has 1 aliphatic heterocycles. The molecular formula is C20H24ClN3O5S. The molecule has 2 aromatic rings. The molecule has 2 amide bonds. The zero-order chi connectivity index (χ0) is 21.9. The van der Waals surface area contributed by atoms with E-state index in [1.165, 1.54) is 40.9 Å². The van der Waals surface area contributed by atoms with Crippen molar-refractivity contribution in [3.63, 3.8) is 0 Å². The average molecular weight is 454 g/mol. The normalized spacial score (nSPS) is 16.5. The Morgan fingerprint density at radius 3 is 2.23 bits per heavy atom. The van der Waals surface area contributed by atoms with Gasteiger partial charge in [-0.15, -0.1) is 0 Å². The van der Waals surface area contributed by atoms with E-state index < -0.39 is 22.0 Å². The molecule has 10 heteroatoms. The van der Waals surface area contributed by atoms with Crippen molar-refractivity contribution in [3.05, 3.63) is 53.4 Å². The highest BCUT2D eigenvalue weighted by molar-refractivity contribution is 7.89. The van der Waals surface area contributed by atoms with Gasteiger partial charge in [0.25, 0.3) is 5.91 Å². The number of furan rings is 1. The molecule has 0 spiro atoms. The number of rotatable bonds is 6. The van der Waals surface area contributed by atoms with Gasteiger partial charge in [-0.1, -0.05) is 25.4 Å². The van der Waals surface area contributed by atoms with Crippen LogP contribution in [0.25, 0.3) is 0 Å². The second kappa shape index (κ2) is 9.20. The molecule has 1 aliphatic rings. The van der Waals surface area contributed by atoms with Crippen molar-refractivity contribution in [1.29, 1.82) is 0 Å². The lowest BCUT2D eigenvalue weighted by Crippen LogP contribution is -2.57. The van der Waals surface area contributed by atoms with Gasteiger partial charge in [0.05, 0.1) is 11.2 Å². The first-order chi connectivity index (χ1) is 14.2. The molecule has 162 valence electrons. The first kappa shape index (κ1) is 22.3. The number of carbonyl (C=O) groups is 2. The monoisotopic (exact) mass is 453 g/mol. The lowest BCUT2D eigenvalue weighted by molar-refractivity contribution is -0.135. The lowest BCUT2D eigenvalue weighted by atomic mass is 10.0. The number of hydrogen-bond acceptors (Lipinski definition) is 5. The van der Waals surface area contributed by atoms with Crippen molar-refractivity contribution in [2.45, 2.75) is 24.8 Å². The van der Waals surface area contributed by atoms with Crippen molar-refractivity contribution in [3.8, 4) is 0 Å². The molecular weight excluding hydrogens is 430 g/mol. The molecule has 1 atom stereocenters. The summed E-state index contributed by atoms with van der Waals surface area (Å²) in [4.78, 5) is 27.1. The maximum Gasteiger partial charge on any atom is 0.287 e. The number of benzene rings is 1. The van der Waals surface area contributed by atoms with Gasteiger partial charge < -0.3 is 14.6 Å². The van der Waals surface area contributed by atoms with Crippen LogP contribution in [0.3, 0.4) is 0 Å². The molecule has 2 heterocycles. The minimum absolute atomic E-state index is 0.132. The Labute approximate surface area is 180 Å². The number of piperazine rings is 1. The van der Waals surface area contributed by atoms with Crippen LogP contribution in [-0.4, -0.2) is 61.7 Å². The van der Waals surface area contributed by atoms with Crippen LogP contribution in [0, 0.1) is 5.92 Å². The fourth-order valence-electron chi connectivity index (χ4n) is 3.23. The topological polar surface area (TPSA) is 99.9 Å². The van der Waals surface area contributed by atoms with E-state index in [1.807, 2.05) is 13.8 Å². The number of halogens is 1. The summed E-state index contributed by atoms with van der Waals surface area (Å²) in [6.07, 6.45) is 1.39. The molecule has 0 saturated carbocycles. The van der Waals surface area contributed by atoms with E-state index in [0.717, 1.165) is 0 Å². The molecule has 1 saturated heterocycles. The molecule has 0 radical (unpaired) electrons. The van der Waals surface area contributed by atoms with Gasteiger partial charge in [-0.25, -0.2) is 8.42 Å². The molecule has 1 aromatic carbocycles. The molecule has 1 N–H and O–H groups in total. The quantitative estimate of drug-likeness (QED) is 0.722. The summed E-state index contributed by atoms with van der Waals surface area (Å²) in [6, 6.07) is 8.38. The predicted octanol–water partition coefficient (Wildman–Crippen LogP) is 2.22. The zero-order valence-corrected chi connectivity index (χ0v) is 18.3. The van der Waals surface area contributed by atoms with Crippen LogP contribution in [0.15, 0.2) is 52.0 Å². The Morgan fingerprint density at radius 1 is 1.07 bits per heavy atom. The highest BCUT2D eigenvalue weighted by Crippen LogP contribution is 2.20. The number of nitrogens with zero attached hydrogens (tertiary/aromatic N) is 2. The minimum atomic E-state index is -3.66. The van der Waals surface area contributed by atoms with Gasteiger partial charge >= 0.3 is 0 Å². The third-order valence-corrected chi connectivity index (χ3v) is 7.13. The standard InChI is InChI=1S/C20H24ClN3O5S/c1-14(2)18(22-19(25)17-4-3-13-29-17)20(26)23-9-11-24(12-10-23)30(27,28)16-7-5-15(21)6-8-16/h3-8,13-14,18H,9-12H2,1-2H3,(H,22,25)/t18-/m0/s1. The molecule has 30 heavy (non-hydrogen) atoms. The van der Waals surface area contributed by atoms with Gasteiger partial charge in [0, 0.05) is 31.2 Å². The van der Waals surface area contributed by atoms with Gasteiger partial charge in [0.15, 0.2) is 5.76 Å². The molecule has 3 rings (SSSR count). The molecule has 0 unspecified atom stereocenters. The Morgan fingerprint density at radius 2 is 1.70 bits per heavy atom. The van der Waals surface area contributed by atoms with Crippen LogP contribution < -0.4 is 5.32 Å². The van der Waals surface area contributed by atoms with E-state index in [-0.39, 0.29) is 48.7 Å². The van der Waals surface area contributed by atoms with Crippen LogP contribution >= 0.6 is 11.6 Å². The van der Waals surface area contributed by atoms with Crippen LogP contribution in [0.1, 0.15) is 24.4 Å². The van der Waals surface area contributed by atoms with E-state index in [0.29, 0.717) is 5.02 Å². The number of hydrogen-bond donors (Lipinski definition) is 1. The van der Waals surface area contributed by atoms with Crippen LogP contribution in [-0.2, 0) is 14.8 Å². The van der Waals surface area contributed by atoms with E-state index in [4.69, 9.17) is 16.0 Å². The highest BCUT2D eigenvalue weighted by atomic mass is 35.5. The summed E-state index contributed by atoms with van der Waals surface area (Å²) < 4.78 is 32.0. The zero-order valence-electron chi connectivity index (χ0n) is 16.7. The lowest BCUT2D eigenvalue weighted by Gasteiger charge is -2.36. The fourth-order valence-corrected chi connectivity index (χ4v) is 4.78. The van der Waals surface area contributed by atoms with E-state index in [2.05, 4.69) is 5.32 Å².